The van der Waals surface area contributed by atoms with Gasteiger partial charge in [-0.25, -0.2) is 0 Å². The smallest absolute Gasteiger partial charge is 0.134 e. The van der Waals surface area contributed by atoms with Gasteiger partial charge >= 0.3 is 0 Å². The SMILES string of the molecule is CC(CO)CSC1CCC(=O)C1. The molecule has 3 heteroatoms. The first kappa shape index (κ1) is 10.1. The van der Waals surface area contributed by atoms with E-state index in [0.717, 1.165) is 25.0 Å². The number of carbonyl (C=O) groups excluding carboxylic acids is 1. The number of carbonyl (C=O) groups is 1. The molecule has 1 aliphatic rings. The van der Waals surface area contributed by atoms with Crippen LogP contribution in [0, 0.1) is 5.92 Å². The van der Waals surface area contributed by atoms with Crippen molar-refractivity contribution in [1.82, 2.24) is 0 Å². The Morgan fingerprint density at radius 1 is 1.75 bits per heavy atom. The lowest BCUT2D eigenvalue weighted by Crippen LogP contribution is -2.07. The molecule has 0 aromatic carbocycles. The number of aliphatic hydroxyl groups is 1. The van der Waals surface area contributed by atoms with Gasteiger partial charge in [-0.2, -0.15) is 11.8 Å². The average Bonchev–Trinajstić information content (AvgIpc) is 2.47. The molecule has 0 amide bonds. The molecule has 1 rings (SSSR count). The standard InChI is InChI=1S/C9H16O2S/c1-7(5-10)6-12-9-3-2-8(11)4-9/h7,9-10H,2-6H2,1H3. The van der Waals surface area contributed by atoms with E-state index in [1.807, 2.05) is 18.7 Å². The van der Waals surface area contributed by atoms with Gasteiger partial charge in [-0.15, -0.1) is 0 Å². The molecule has 0 bridgehead atoms. The third-order valence-electron chi connectivity index (χ3n) is 2.13. The summed E-state index contributed by atoms with van der Waals surface area (Å²) in [6.45, 7) is 2.29. The summed E-state index contributed by atoms with van der Waals surface area (Å²) < 4.78 is 0. The van der Waals surface area contributed by atoms with Gasteiger partial charge in [0, 0.05) is 24.7 Å². The van der Waals surface area contributed by atoms with E-state index in [1.165, 1.54) is 0 Å². The fourth-order valence-corrected chi connectivity index (χ4v) is 2.57. The first-order valence-electron chi connectivity index (χ1n) is 4.46. The van der Waals surface area contributed by atoms with Gasteiger partial charge in [0.05, 0.1) is 0 Å². The van der Waals surface area contributed by atoms with Gasteiger partial charge in [0.1, 0.15) is 5.78 Å². The van der Waals surface area contributed by atoms with Crippen molar-refractivity contribution >= 4 is 17.5 Å². The second kappa shape index (κ2) is 4.87. The highest BCUT2D eigenvalue weighted by Crippen LogP contribution is 2.28. The zero-order valence-corrected chi connectivity index (χ0v) is 8.27. The van der Waals surface area contributed by atoms with Crippen molar-refractivity contribution in [3.63, 3.8) is 0 Å². The quantitative estimate of drug-likeness (QED) is 0.726. The van der Waals surface area contributed by atoms with E-state index in [2.05, 4.69) is 0 Å². The van der Waals surface area contributed by atoms with Gasteiger partial charge < -0.3 is 5.11 Å². The Morgan fingerprint density at radius 2 is 2.50 bits per heavy atom. The van der Waals surface area contributed by atoms with E-state index in [9.17, 15) is 4.79 Å². The molecule has 1 N–H and O–H groups in total. The Labute approximate surface area is 77.7 Å². The van der Waals surface area contributed by atoms with Crippen molar-refractivity contribution in [2.45, 2.75) is 31.4 Å². The van der Waals surface area contributed by atoms with Gasteiger partial charge in [0.15, 0.2) is 0 Å². The number of Topliss-reactive ketones (excluding diaryl/α,β-unsaturated/α-hetero) is 1. The Balaban J connectivity index is 2.11. The van der Waals surface area contributed by atoms with Gasteiger partial charge in [-0.1, -0.05) is 6.92 Å². The summed E-state index contributed by atoms with van der Waals surface area (Å²) in [5, 5.41) is 9.31. The molecule has 1 saturated carbocycles. The summed E-state index contributed by atoms with van der Waals surface area (Å²) >= 11 is 1.84. The van der Waals surface area contributed by atoms with Crippen LogP contribution in [-0.2, 0) is 4.79 Å². The third kappa shape index (κ3) is 3.15. The number of thioether (sulfide) groups is 1. The zero-order chi connectivity index (χ0) is 8.97. The summed E-state index contributed by atoms with van der Waals surface area (Å²) in [6.07, 6.45) is 2.57. The van der Waals surface area contributed by atoms with Crippen LogP contribution < -0.4 is 0 Å². The highest BCUT2D eigenvalue weighted by Gasteiger charge is 2.22. The van der Waals surface area contributed by atoms with Gasteiger partial charge in [0.2, 0.25) is 0 Å². The lowest BCUT2D eigenvalue weighted by molar-refractivity contribution is -0.117. The molecule has 0 aromatic rings. The van der Waals surface area contributed by atoms with Crippen LogP contribution in [0.15, 0.2) is 0 Å². The fourth-order valence-electron chi connectivity index (χ4n) is 1.28. The van der Waals surface area contributed by atoms with E-state index >= 15 is 0 Å². The Morgan fingerprint density at radius 3 is 3.00 bits per heavy atom. The predicted octanol–water partition coefficient (Wildman–Crippen LogP) is 1.47. The van der Waals surface area contributed by atoms with E-state index in [1.54, 1.807) is 0 Å². The van der Waals surface area contributed by atoms with E-state index < -0.39 is 0 Å². The Bertz CT molecular complexity index is 159. The van der Waals surface area contributed by atoms with Crippen molar-refractivity contribution < 1.29 is 9.90 Å². The van der Waals surface area contributed by atoms with Crippen LogP contribution in [0.1, 0.15) is 26.2 Å². The Kier molecular flexibility index (Phi) is 4.09. The lowest BCUT2D eigenvalue weighted by atomic mass is 10.2. The predicted molar refractivity (Wildman–Crippen MR) is 51.4 cm³/mol. The lowest BCUT2D eigenvalue weighted by Gasteiger charge is -2.10. The van der Waals surface area contributed by atoms with Gasteiger partial charge in [-0.3, -0.25) is 4.79 Å². The number of hydrogen-bond donors (Lipinski definition) is 1. The summed E-state index contributed by atoms with van der Waals surface area (Å²) in [5.41, 5.74) is 0. The number of ketones is 1. The van der Waals surface area contributed by atoms with Crippen molar-refractivity contribution in [2.24, 2.45) is 5.92 Å². The van der Waals surface area contributed by atoms with Crippen LogP contribution in [0.3, 0.4) is 0 Å². The van der Waals surface area contributed by atoms with Crippen molar-refractivity contribution in [1.29, 1.82) is 0 Å². The molecule has 1 aliphatic carbocycles. The fraction of sp³-hybridized carbons (Fsp3) is 0.889. The maximum Gasteiger partial charge on any atom is 0.134 e. The van der Waals surface area contributed by atoms with Gasteiger partial charge in [-0.05, 0) is 18.1 Å². The van der Waals surface area contributed by atoms with Gasteiger partial charge in [0.25, 0.3) is 0 Å². The second-order valence-corrected chi connectivity index (χ2v) is 4.86. The second-order valence-electron chi connectivity index (χ2n) is 3.52. The zero-order valence-electron chi connectivity index (χ0n) is 7.45. The molecule has 1 fully saturated rings. The minimum absolute atomic E-state index is 0.258. The van der Waals surface area contributed by atoms with Crippen LogP contribution in [0.5, 0.6) is 0 Å². The molecule has 2 atom stereocenters. The first-order chi connectivity index (χ1) is 5.72. The summed E-state index contributed by atoms with van der Waals surface area (Å²) in [6, 6.07) is 0. The van der Waals surface area contributed by atoms with Crippen LogP contribution >= 0.6 is 11.8 Å². The molecule has 0 spiro atoms. The van der Waals surface area contributed by atoms with Crippen molar-refractivity contribution in [3.8, 4) is 0 Å². The molecule has 2 unspecified atom stereocenters. The molecular weight excluding hydrogens is 172 g/mol. The van der Waals surface area contributed by atoms with Crippen LogP contribution in [0.4, 0.5) is 0 Å². The van der Waals surface area contributed by atoms with Crippen LogP contribution in [-0.4, -0.2) is 28.5 Å². The molecule has 2 nitrogen and oxygen atoms in total. The molecule has 70 valence electrons. The highest BCUT2D eigenvalue weighted by molar-refractivity contribution is 7.99. The highest BCUT2D eigenvalue weighted by atomic mass is 32.2. The minimum Gasteiger partial charge on any atom is -0.396 e. The Hall–Kier alpha value is -0.0200. The first-order valence-corrected chi connectivity index (χ1v) is 5.51. The maximum atomic E-state index is 10.9. The number of hydrogen-bond acceptors (Lipinski definition) is 3. The summed E-state index contributed by atoms with van der Waals surface area (Å²) in [5.74, 6) is 1.75. The molecule has 0 saturated heterocycles. The molecular formula is C9H16O2S. The summed E-state index contributed by atoms with van der Waals surface area (Å²) in [4.78, 5) is 10.9. The molecule has 0 aliphatic heterocycles. The van der Waals surface area contributed by atoms with E-state index in [4.69, 9.17) is 5.11 Å². The molecule has 0 radical (unpaired) electrons. The largest absolute Gasteiger partial charge is 0.396 e. The third-order valence-corrected chi connectivity index (χ3v) is 3.76. The molecule has 0 aromatic heterocycles. The monoisotopic (exact) mass is 188 g/mol. The molecule has 12 heavy (non-hydrogen) atoms. The van der Waals surface area contributed by atoms with E-state index in [-0.39, 0.29) is 6.61 Å². The average molecular weight is 188 g/mol. The molecule has 0 heterocycles. The maximum absolute atomic E-state index is 10.9. The van der Waals surface area contributed by atoms with Crippen LogP contribution in [0.2, 0.25) is 0 Å². The van der Waals surface area contributed by atoms with Crippen LogP contribution in [0.25, 0.3) is 0 Å². The van der Waals surface area contributed by atoms with E-state index in [0.29, 0.717) is 17.0 Å². The van der Waals surface area contributed by atoms with Crippen molar-refractivity contribution in [2.75, 3.05) is 12.4 Å². The number of rotatable bonds is 4. The minimum atomic E-state index is 0.258. The normalized spacial score (nSPS) is 26.2. The number of aliphatic hydroxyl groups excluding tert-OH is 1. The van der Waals surface area contributed by atoms with Crippen molar-refractivity contribution in [3.05, 3.63) is 0 Å². The topological polar surface area (TPSA) is 37.3 Å². The summed E-state index contributed by atoms with van der Waals surface area (Å²) in [7, 11) is 0.